The van der Waals surface area contributed by atoms with E-state index >= 15 is 0 Å². The van der Waals surface area contributed by atoms with Crippen LogP contribution < -0.4 is 5.32 Å². The van der Waals surface area contributed by atoms with Crippen LogP contribution in [0.1, 0.15) is 40.0 Å². The van der Waals surface area contributed by atoms with Crippen LogP contribution in [0.25, 0.3) is 0 Å². The van der Waals surface area contributed by atoms with Crippen molar-refractivity contribution in [3.8, 4) is 0 Å². The third-order valence-corrected chi connectivity index (χ3v) is 3.16. The van der Waals surface area contributed by atoms with Gasteiger partial charge in [-0.3, -0.25) is 0 Å². The van der Waals surface area contributed by atoms with Gasteiger partial charge in [0.05, 0.1) is 6.10 Å². The molecule has 0 atom stereocenters. The molecule has 0 aromatic rings. The Morgan fingerprint density at radius 3 is 2.60 bits per heavy atom. The molecular weight excluding hydrogens is 190 g/mol. The van der Waals surface area contributed by atoms with Crippen LogP contribution in [0, 0.1) is 5.41 Å². The molecule has 1 fully saturated rings. The first kappa shape index (κ1) is 12.9. The van der Waals surface area contributed by atoms with E-state index in [0.717, 1.165) is 32.4 Å². The first-order valence-electron chi connectivity index (χ1n) is 6.03. The van der Waals surface area contributed by atoms with Crippen molar-refractivity contribution in [1.82, 2.24) is 5.32 Å². The molecule has 1 saturated carbocycles. The molecule has 2 N–H and O–H groups in total. The van der Waals surface area contributed by atoms with E-state index in [-0.39, 0.29) is 12.0 Å². The molecule has 0 saturated heterocycles. The van der Waals surface area contributed by atoms with Crippen molar-refractivity contribution in [2.24, 2.45) is 5.41 Å². The van der Waals surface area contributed by atoms with Gasteiger partial charge in [0.25, 0.3) is 0 Å². The molecule has 1 aliphatic rings. The molecule has 0 amide bonds. The summed E-state index contributed by atoms with van der Waals surface area (Å²) in [7, 11) is 0. The average molecular weight is 215 g/mol. The Morgan fingerprint density at radius 2 is 2.07 bits per heavy atom. The van der Waals surface area contributed by atoms with E-state index in [1.165, 1.54) is 0 Å². The van der Waals surface area contributed by atoms with Crippen LogP contribution in [0.15, 0.2) is 0 Å². The molecule has 1 aliphatic carbocycles. The van der Waals surface area contributed by atoms with Crippen LogP contribution in [-0.2, 0) is 4.74 Å². The minimum atomic E-state index is 0.200. The Hall–Kier alpha value is -0.120. The van der Waals surface area contributed by atoms with Gasteiger partial charge in [0.1, 0.15) is 0 Å². The number of hydrogen-bond acceptors (Lipinski definition) is 3. The Bertz CT molecular complexity index is 176. The molecule has 0 aromatic carbocycles. The third kappa shape index (κ3) is 4.49. The minimum Gasteiger partial charge on any atom is -0.396 e. The lowest BCUT2D eigenvalue weighted by Crippen LogP contribution is -2.48. The lowest BCUT2D eigenvalue weighted by molar-refractivity contribution is -0.0121. The zero-order valence-corrected chi connectivity index (χ0v) is 10.3. The minimum absolute atomic E-state index is 0.200. The summed E-state index contributed by atoms with van der Waals surface area (Å²) in [5, 5.41) is 12.4. The van der Waals surface area contributed by atoms with Gasteiger partial charge in [-0.2, -0.15) is 0 Å². The average Bonchev–Trinajstić information content (AvgIpc) is 2.08. The van der Waals surface area contributed by atoms with E-state index in [1.54, 1.807) is 0 Å². The highest BCUT2D eigenvalue weighted by molar-refractivity contribution is 4.87. The van der Waals surface area contributed by atoms with Gasteiger partial charge in [-0.25, -0.2) is 0 Å². The molecule has 0 aromatic heterocycles. The smallest absolute Gasteiger partial charge is 0.0604 e. The van der Waals surface area contributed by atoms with Crippen molar-refractivity contribution in [1.29, 1.82) is 0 Å². The molecule has 0 spiro atoms. The largest absolute Gasteiger partial charge is 0.396 e. The molecule has 1 rings (SSSR count). The maximum absolute atomic E-state index is 8.90. The van der Waals surface area contributed by atoms with Crippen molar-refractivity contribution in [2.45, 2.75) is 52.2 Å². The standard InChI is InChI=1S/C12H25NO2/c1-4-15-11-7-10(8-11)13-9-12(2,3)5-6-14/h10-11,13-14H,4-9H2,1-3H3. The number of aliphatic hydroxyl groups is 1. The highest BCUT2D eigenvalue weighted by atomic mass is 16.5. The van der Waals surface area contributed by atoms with Crippen LogP contribution in [-0.4, -0.2) is 37.0 Å². The Balaban J connectivity index is 2.07. The van der Waals surface area contributed by atoms with Crippen molar-refractivity contribution in [3.05, 3.63) is 0 Å². The Kier molecular flexibility index (Phi) is 5.03. The molecule has 0 bridgehead atoms. The molecule has 0 aliphatic heterocycles. The third-order valence-electron chi connectivity index (χ3n) is 3.16. The van der Waals surface area contributed by atoms with E-state index < -0.39 is 0 Å². The van der Waals surface area contributed by atoms with Gasteiger partial charge in [0.15, 0.2) is 0 Å². The van der Waals surface area contributed by atoms with Gasteiger partial charge in [-0.15, -0.1) is 0 Å². The monoisotopic (exact) mass is 215 g/mol. The van der Waals surface area contributed by atoms with Crippen molar-refractivity contribution < 1.29 is 9.84 Å². The summed E-state index contributed by atoms with van der Waals surface area (Å²) in [6, 6.07) is 0.625. The molecule has 90 valence electrons. The maximum atomic E-state index is 8.90. The predicted molar refractivity (Wildman–Crippen MR) is 61.9 cm³/mol. The van der Waals surface area contributed by atoms with Crippen LogP contribution >= 0.6 is 0 Å². The molecule has 0 heterocycles. The highest BCUT2D eigenvalue weighted by Crippen LogP contribution is 2.25. The summed E-state index contributed by atoms with van der Waals surface area (Å²) in [6.45, 7) is 8.51. The number of ether oxygens (including phenoxy) is 1. The maximum Gasteiger partial charge on any atom is 0.0604 e. The lowest BCUT2D eigenvalue weighted by atomic mass is 9.85. The van der Waals surface area contributed by atoms with Gasteiger partial charge < -0.3 is 15.2 Å². The zero-order valence-electron chi connectivity index (χ0n) is 10.3. The normalized spacial score (nSPS) is 26.4. The van der Waals surface area contributed by atoms with Gasteiger partial charge in [0, 0.05) is 25.8 Å². The van der Waals surface area contributed by atoms with Crippen molar-refractivity contribution in [2.75, 3.05) is 19.8 Å². The number of rotatable bonds is 7. The molecule has 0 unspecified atom stereocenters. The van der Waals surface area contributed by atoms with E-state index in [4.69, 9.17) is 9.84 Å². The number of hydrogen-bond donors (Lipinski definition) is 2. The zero-order chi connectivity index (χ0) is 11.3. The SMILES string of the molecule is CCOC1CC(NCC(C)(C)CCO)C1. The summed E-state index contributed by atoms with van der Waals surface area (Å²) in [5.41, 5.74) is 0.200. The van der Waals surface area contributed by atoms with Crippen molar-refractivity contribution >= 4 is 0 Å². The summed E-state index contributed by atoms with van der Waals surface area (Å²) in [5.74, 6) is 0. The van der Waals surface area contributed by atoms with Gasteiger partial charge >= 0.3 is 0 Å². The molecular formula is C12H25NO2. The summed E-state index contributed by atoms with van der Waals surface area (Å²) in [6.07, 6.45) is 3.63. The first-order valence-corrected chi connectivity index (χ1v) is 6.03. The van der Waals surface area contributed by atoms with Gasteiger partial charge in [-0.1, -0.05) is 13.8 Å². The molecule has 3 heteroatoms. The molecule has 3 nitrogen and oxygen atoms in total. The van der Waals surface area contributed by atoms with E-state index in [1.807, 2.05) is 6.92 Å². The van der Waals surface area contributed by atoms with Gasteiger partial charge in [0.2, 0.25) is 0 Å². The van der Waals surface area contributed by atoms with Gasteiger partial charge in [-0.05, 0) is 31.6 Å². The second-order valence-electron chi connectivity index (χ2n) is 5.26. The van der Waals surface area contributed by atoms with Crippen LogP contribution in [0.2, 0.25) is 0 Å². The van der Waals surface area contributed by atoms with E-state index in [2.05, 4.69) is 19.2 Å². The summed E-state index contributed by atoms with van der Waals surface area (Å²) in [4.78, 5) is 0. The van der Waals surface area contributed by atoms with Crippen LogP contribution in [0.3, 0.4) is 0 Å². The van der Waals surface area contributed by atoms with E-state index in [0.29, 0.717) is 12.1 Å². The summed E-state index contributed by atoms with van der Waals surface area (Å²) >= 11 is 0. The quantitative estimate of drug-likeness (QED) is 0.677. The van der Waals surface area contributed by atoms with E-state index in [9.17, 15) is 0 Å². The molecule has 0 radical (unpaired) electrons. The predicted octanol–water partition coefficient (Wildman–Crippen LogP) is 1.55. The second-order valence-corrected chi connectivity index (χ2v) is 5.26. The lowest BCUT2D eigenvalue weighted by Gasteiger charge is -2.37. The highest BCUT2D eigenvalue weighted by Gasteiger charge is 2.30. The topological polar surface area (TPSA) is 41.5 Å². The Morgan fingerprint density at radius 1 is 1.40 bits per heavy atom. The Labute approximate surface area is 93.2 Å². The first-order chi connectivity index (χ1) is 7.07. The summed E-state index contributed by atoms with van der Waals surface area (Å²) < 4.78 is 5.51. The second kappa shape index (κ2) is 5.83. The fraction of sp³-hybridized carbons (Fsp3) is 1.00. The number of nitrogens with one attached hydrogen (secondary N) is 1. The van der Waals surface area contributed by atoms with Crippen LogP contribution in [0.5, 0.6) is 0 Å². The fourth-order valence-electron chi connectivity index (χ4n) is 1.92. The molecule has 15 heavy (non-hydrogen) atoms. The fourth-order valence-corrected chi connectivity index (χ4v) is 1.92. The number of aliphatic hydroxyl groups excluding tert-OH is 1. The van der Waals surface area contributed by atoms with Crippen LogP contribution in [0.4, 0.5) is 0 Å². The van der Waals surface area contributed by atoms with Crippen molar-refractivity contribution in [3.63, 3.8) is 0 Å².